The second-order valence-electron chi connectivity index (χ2n) is 10.5. The first kappa shape index (κ1) is 27.3. The molecule has 0 radical (unpaired) electrons. The third-order valence-corrected chi connectivity index (χ3v) is 8.06. The summed E-state index contributed by atoms with van der Waals surface area (Å²) in [5.74, 6) is -0.786. The van der Waals surface area contributed by atoms with Gasteiger partial charge >= 0.3 is 6.61 Å². The van der Waals surface area contributed by atoms with Crippen LogP contribution in [0.5, 0.6) is 5.75 Å². The first-order valence-corrected chi connectivity index (χ1v) is 13.3. The Morgan fingerprint density at radius 2 is 1.77 bits per heavy atom. The van der Waals surface area contributed by atoms with E-state index in [1.54, 1.807) is 25.2 Å². The molecule has 5 rings (SSSR count). The lowest BCUT2D eigenvalue weighted by Gasteiger charge is -2.42. The van der Waals surface area contributed by atoms with Gasteiger partial charge in [0.1, 0.15) is 28.9 Å². The van der Waals surface area contributed by atoms with E-state index in [-0.39, 0.29) is 23.3 Å². The Hall–Kier alpha value is -4.25. The largest absolute Gasteiger partial charge is 0.432 e. The molecular weight excluding hydrogens is 521 g/mol. The fraction of sp³-hybridized carbons (Fsp3) is 0.448. The lowest BCUT2D eigenvalue weighted by Crippen LogP contribution is -2.44. The van der Waals surface area contributed by atoms with Crippen molar-refractivity contribution in [1.29, 1.82) is 10.5 Å². The number of ether oxygens (including phenoxy) is 1. The molecule has 0 spiro atoms. The van der Waals surface area contributed by atoms with Gasteiger partial charge in [0.2, 0.25) is 0 Å². The topological polar surface area (TPSA) is 98.2 Å². The number of alkyl halides is 2. The predicted octanol–water partition coefficient (Wildman–Crippen LogP) is 5.08. The number of halogens is 3. The minimum atomic E-state index is -3.12. The van der Waals surface area contributed by atoms with E-state index in [4.69, 9.17) is 0 Å². The second-order valence-corrected chi connectivity index (χ2v) is 10.5. The van der Waals surface area contributed by atoms with E-state index in [9.17, 15) is 28.5 Å². The van der Waals surface area contributed by atoms with E-state index in [0.717, 1.165) is 45.1 Å². The number of rotatable bonds is 8. The van der Waals surface area contributed by atoms with E-state index < -0.39 is 23.7 Å². The van der Waals surface area contributed by atoms with Crippen LogP contribution in [0.3, 0.4) is 0 Å². The van der Waals surface area contributed by atoms with Gasteiger partial charge in [0, 0.05) is 44.5 Å². The highest BCUT2D eigenvalue weighted by atomic mass is 19.3. The highest BCUT2D eigenvalue weighted by molar-refractivity contribution is 5.92. The second kappa shape index (κ2) is 11.1. The Balaban J connectivity index is 1.42. The number of nitriles is 2. The summed E-state index contributed by atoms with van der Waals surface area (Å²) in [6.07, 6.45) is 5.21. The molecule has 8 nitrogen and oxygen atoms in total. The fourth-order valence-electron chi connectivity index (χ4n) is 5.74. The summed E-state index contributed by atoms with van der Waals surface area (Å²) in [5.41, 5.74) is 1.78. The molecule has 2 aromatic heterocycles. The summed E-state index contributed by atoms with van der Waals surface area (Å²) >= 11 is 0. The van der Waals surface area contributed by atoms with Crippen molar-refractivity contribution in [3.8, 4) is 17.9 Å². The molecule has 40 heavy (non-hydrogen) atoms. The summed E-state index contributed by atoms with van der Waals surface area (Å²) < 4.78 is 45.6. The van der Waals surface area contributed by atoms with E-state index in [1.807, 2.05) is 18.0 Å². The molecule has 0 amide bonds. The molecule has 2 aliphatic carbocycles. The average Bonchev–Trinajstić information content (AvgIpc) is 3.78. The average molecular weight is 551 g/mol. The SMILES string of the molecule is CN(c1c(C#N)c(=O)n(C)c2ccc(C#N)nc12)C1CCC(N(CC2CC2)c2ccc(F)c(OC(F)F)c2)CC1. The van der Waals surface area contributed by atoms with Crippen molar-refractivity contribution < 1.29 is 17.9 Å². The van der Waals surface area contributed by atoms with Gasteiger partial charge in [-0.15, -0.1) is 0 Å². The monoisotopic (exact) mass is 550 g/mol. The van der Waals surface area contributed by atoms with Crippen LogP contribution in [0.4, 0.5) is 24.5 Å². The predicted molar refractivity (Wildman–Crippen MR) is 144 cm³/mol. The van der Waals surface area contributed by atoms with Gasteiger partial charge in [0.05, 0.1) is 11.2 Å². The van der Waals surface area contributed by atoms with E-state index in [1.165, 1.54) is 16.7 Å². The minimum absolute atomic E-state index is 0.0000754. The van der Waals surface area contributed by atoms with Crippen LogP contribution in [0.15, 0.2) is 35.1 Å². The molecule has 2 fully saturated rings. The third-order valence-electron chi connectivity index (χ3n) is 8.06. The molecule has 0 N–H and O–H groups in total. The number of hydrogen-bond acceptors (Lipinski definition) is 7. The number of aromatic nitrogens is 2. The Labute approximate surface area is 229 Å². The molecule has 0 atom stereocenters. The molecule has 0 bridgehead atoms. The van der Waals surface area contributed by atoms with Gasteiger partial charge in [-0.3, -0.25) is 4.79 Å². The Kier molecular flexibility index (Phi) is 7.57. The molecule has 0 saturated heterocycles. The Morgan fingerprint density at radius 3 is 2.40 bits per heavy atom. The maximum absolute atomic E-state index is 14.1. The van der Waals surface area contributed by atoms with E-state index in [0.29, 0.717) is 28.3 Å². The molecular formula is C29H29F3N6O2. The van der Waals surface area contributed by atoms with Crippen LogP contribution in [0, 0.1) is 34.4 Å². The van der Waals surface area contributed by atoms with Crippen LogP contribution in [-0.2, 0) is 7.05 Å². The van der Waals surface area contributed by atoms with Crippen LogP contribution in [0.25, 0.3) is 11.0 Å². The van der Waals surface area contributed by atoms with Crippen molar-refractivity contribution in [1.82, 2.24) is 9.55 Å². The van der Waals surface area contributed by atoms with Gasteiger partial charge in [-0.25, -0.2) is 9.37 Å². The van der Waals surface area contributed by atoms with Crippen molar-refractivity contribution in [3.05, 3.63) is 57.8 Å². The number of aryl methyl sites for hydroxylation is 1. The van der Waals surface area contributed by atoms with Crippen LogP contribution in [0.2, 0.25) is 0 Å². The number of pyridine rings is 2. The molecule has 2 saturated carbocycles. The highest BCUT2D eigenvalue weighted by Crippen LogP contribution is 2.39. The Bertz CT molecular complexity index is 1570. The fourth-order valence-corrected chi connectivity index (χ4v) is 5.74. The van der Waals surface area contributed by atoms with Gasteiger partial charge in [0.15, 0.2) is 11.6 Å². The standard InChI is InChI=1S/C29H29F3N6O2/c1-36(27-22(15-34)28(39)37(2)24-12-5-18(14-33)35-26(24)27)19-6-8-20(9-7-19)38(16-17-3-4-17)21-10-11-23(30)25(13-21)40-29(31)32/h5,10-13,17,19-20,29H,3-4,6-9,16H2,1-2H3. The molecule has 3 aromatic rings. The van der Waals surface area contributed by atoms with E-state index in [2.05, 4.69) is 20.7 Å². The van der Waals surface area contributed by atoms with Gasteiger partial charge < -0.3 is 19.1 Å². The highest BCUT2D eigenvalue weighted by Gasteiger charge is 2.34. The maximum atomic E-state index is 14.1. The normalized spacial score (nSPS) is 18.8. The number of benzene rings is 1. The summed E-state index contributed by atoms with van der Waals surface area (Å²) in [4.78, 5) is 21.6. The lowest BCUT2D eigenvalue weighted by molar-refractivity contribution is -0.0521. The van der Waals surface area contributed by atoms with Crippen LogP contribution in [0.1, 0.15) is 49.8 Å². The van der Waals surface area contributed by atoms with Crippen LogP contribution >= 0.6 is 0 Å². The number of anilines is 2. The summed E-state index contributed by atoms with van der Waals surface area (Å²) in [6.45, 7) is -2.36. The number of nitrogens with zero attached hydrogens (tertiary/aromatic N) is 6. The number of hydrogen-bond donors (Lipinski definition) is 0. The summed E-state index contributed by atoms with van der Waals surface area (Å²) in [5, 5.41) is 19.3. The van der Waals surface area contributed by atoms with Crippen LogP contribution < -0.4 is 20.1 Å². The van der Waals surface area contributed by atoms with Gasteiger partial charge in [-0.05, 0) is 68.7 Å². The quantitative estimate of drug-likeness (QED) is 0.386. The van der Waals surface area contributed by atoms with Gasteiger partial charge in [0.25, 0.3) is 5.56 Å². The van der Waals surface area contributed by atoms with E-state index >= 15 is 0 Å². The molecule has 2 heterocycles. The van der Waals surface area contributed by atoms with Crippen molar-refractivity contribution >= 4 is 22.4 Å². The van der Waals surface area contributed by atoms with Crippen molar-refractivity contribution in [2.75, 3.05) is 23.4 Å². The van der Waals surface area contributed by atoms with Gasteiger partial charge in [-0.2, -0.15) is 19.3 Å². The lowest BCUT2D eigenvalue weighted by atomic mass is 9.88. The van der Waals surface area contributed by atoms with Crippen molar-refractivity contribution in [2.24, 2.45) is 13.0 Å². The Morgan fingerprint density at radius 1 is 1.07 bits per heavy atom. The first-order valence-electron chi connectivity index (χ1n) is 13.3. The molecule has 0 unspecified atom stereocenters. The zero-order valence-corrected chi connectivity index (χ0v) is 22.3. The van der Waals surface area contributed by atoms with Crippen molar-refractivity contribution in [3.63, 3.8) is 0 Å². The minimum Gasteiger partial charge on any atom is -0.432 e. The van der Waals surface area contributed by atoms with Crippen LogP contribution in [-0.4, -0.2) is 41.8 Å². The summed E-state index contributed by atoms with van der Waals surface area (Å²) in [6, 6.07) is 11.5. The first-order chi connectivity index (χ1) is 19.2. The third kappa shape index (κ3) is 5.29. The smallest absolute Gasteiger partial charge is 0.387 e. The zero-order valence-electron chi connectivity index (χ0n) is 22.3. The van der Waals surface area contributed by atoms with Gasteiger partial charge in [-0.1, -0.05) is 0 Å². The zero-order chi connectivity index (χ0) is 28.6. The molecule has 11 heteroatoms. The molecule has 208 valence electrons. The molecule has 0 aliphatic heterocycles. The molecule has 2 aliphatic rings. The summed E-state index contributed by atoms with van der Waals surface area (Å²) in [7, 11) is 3.42. The molecule has 1 aromatic carbocycles. The number of fused-ring (bicyclic) bond motifs is 1. The maximum Gasteiger partial charge on any atom is 0.387 e. The van der Waals surface area contributed by atoms with Crippen molar-refractivity contribution in [2.45, 2.75) is 57.2 Å².